The molecular formula is C22H20FN5O. The van der Waals surface area contributed by atoms with E-state index in [0.29, 0.717) is 5.69 Å². The molecular weight excluding hydrogens is 369 g/mol. The third-order valence-corrected chi connectivity index (χ3v) is 5.04. The second-order valence-electron chi connectivity index (χ2n) is 6.91. The molecule has 6 nitrogen and oxygen atoms in total. The fraction of sp³-hybridized carbons (Fsp3) is 0.182. The number of rotatable bonds is 4. The van der Waals surface area contributed by atoms with Gasteiger partial charge in [0.15, 0.2) is 5.82 Å². The highest BCUT2D eigenvalue weighted by molar-refractivity contribution is 6.04. The van der Waals surface area contributed by atoms with Gasteiger partial charge in [0.25, 0.3) is 5.91 Å². The Bertz CT molecular complexity index is 1050. The van der Waals surface area contributed by atoms with Gasteiger partial charge in [-0.15, -0.1) is 0 Å². The van der Waals surface area contributed by atoms with Gasteiger partial charge in [0.1, 0.15) is 6.33 Å². The van der Waals surface area contributed by atoms with Gasteiger partial charge in [0.05, 0.1) is 29.8 Å². The number of aromatic nitrogens is 3. The van der Waals surface area contributed by atoms with Crippen LogP contribution in [0.25, 0.3) is 5.57 Å². The predicted molar refractivity (Wildman–Crippen MR) is 110 cm³/mol. The van der Waals surface area contributed by atoms with Gasteiger partial charge in [-0.05, 0) is 42.7 Å². The normalized spacial score (nSPS) is 14.1. The second-order valence-corrected chi connectivity index (χ2v) is 6.91. The van der Waals surface area contributed by atoms with Crippen LogP contribution in [0.15, 0.2) is 67.0 Å². The summed E-state index contributed by atoms with van der Waals surface area (Å²) >= 11 is 0. The number of anilines is 2. The Hall–Kier alpha value is -3.61. The maximum absolute atomic E-state index is 13.7. The molecule has 1 aromatic carbocycles. The summed E-state index contributed by atoms with van der Waals surface area (Å²) in [7, 11) is 0. The summed E-state index contributed by atoms with van der Waals surface area (Å²) < 4.78 is 13.7. The molecule has 0 atom stereocenters. The van der Waals surface area contributed by atoms with E-state index in [1.807, 2.05) is 36.7 Å². The third kappa shape index (κ3) is 4.13. The van der Waals surface area contributed by atoms with Crippen LogP contribution < -0.4 is 10.2 Å². The number of benzene rings is 1. The van der Waals surface area contributed by atoms with Crippen LogP contribution in [0.5, 0.6) is 0 Å². The number of nitrogens with zero attached hydrogens (tertiary/aromatic N) is 4. The van der Waals surface area contributed by atoms with Crippen LogP contribution >= 0.6 is 0 Å². The number of pyridine rings is 1. The van der Waals surface area contributed by atoms with E-state index in [2.05, 4.69) is 32.1 Å². The molecule has 146 valence electrons. The number of hydrogen-bond acceptors (Lipinski definition) is 5. The Kier molecular flexibility index (Phi) is 5.29. The smallest absolute Gasteiger partial charge is 0.258 e. The first kappa shape index (κ1) is 18.7. The van der Waals surface area contributed by atoms with Crippen molar-refractivity contribution in [2.24, 2.45) is 0 Å². The molecule has 0 radical (unpaired) electrons. The van der Waals surface area contributed by atoms with Gasteiger partial charge in [-0.1, -0.05) is 17.7 Å². The zero-order chi connectivity index (χ0) is 20.2. The number of carbonyl (C=O) groups excluding carboxylic acids is 1. The van der Waals surface area contributed by atoms with E-state index in [1.165, 1.54) is 29.7 Å². The lowest BCUT2D eigenvalue weighted by molar-refractivity contribution is 0.102. The summed E-state index contributed by atoms with van der Waals surface area (Å²) in [6.45, 7) is 3.84. The van der Waals surface area contributed by atoms with Gasteiger partial charge < -0.3 is 10.2 Å². The maximum atomic E-state index is 13.7. The number of halogens is 1. The van der Waals surface area contributed by atoms with Crippen molar-refractivity contribution in [1.29, 1.82) is 0 Å². The van der Waals surface area contributed by atoms with Crippen LogP contribution in [-0.4, -0.2) is 33.9 Å². The average molecular weight is 389 g/mol. The number of amides is 1. The summed E-state index contributed by atoms with van der Waals surface area (Å²) in [6.07, 6.45) is 8.55. The topological polar surface area (TPSA) is 71.0 Å². The van der Waals surface area contributed by atoms with E-state index in [4.69, 9.17) is 0 Å². The largest absolute Gasteiger partial charge is 0.364 e. The number of carbonyl (C=O) groups is 1. The quantitative estimate of drug-likeness (QED) is 0.732. The molecule has 0 aliphatic carbocycles. The van der Waals surface area contributed by atoms with Crippen LogP contribution in [0.3, 0.4) is 0 Å². The molecule has 0 spiro atoms. The summed E-state index contributed by atoms with van der Waals surface area (Å²) in [5, 5.41) is 2.73. The Labute approximate surface area is 168 Å². The Balaban J connectivity index is 1.50. The van der Waals surface area contributed by atoms with Crippen LogP contribution in [0.4, 0.5) is 15.8 Å². The monoisotopic (exact) mass is 389 g/mol. The minimum Gasteiger partial charge on any atom is -0.364 e. The standard InChI is InChI=1S/C22H20FN5O/c1-15-7-9-28(18-10-25-14-26-11-18)13-20(15)16-2-4-17(5-3-16)27-22(29)19-6-8-24-12-21(19)23/h2-6,8,10-12,14H,7,9,13H2,1H3,(H,27,29). The molecule has 1 amide bonds. The molecule has 0 bridgehead atoms. The summed E-state index contributed by atoms with van der Waals surface area (Å²) in [5.74, 6) is -1.14. The van der Waals surface area contributed by atoms with Crippen molar-refractivity contribution in [2.45, 2.75) is 13.3 Å². The first-order chi connectivity index (χ1) is 14.1. The molecule has 0 fully saturated rings. The molecule has 1 aliphatic heterocycles. The Morgan fingerprint density at radius 2 is 1.83 bits per heavy atom. The van der Waals surface area contributed by atoms with E-state index >= 15 is 0 Å². The Morgan fingerprint density at radius 3 is 2.55 bits per heavy atom. The first-order valence-electron chi connectivity index (χ1n) is 9.31. The highest BCUT2D eigenvalue weighted by Crippen LogP contribution is 2.29. The van der Waals surface area contributed by atoms with Crippen molar-refractivity contribution in [3.05, 3.63) is 84.0 Å². The number of nitrogens with one attached hydrogen (secondary N) is 1. The second kappa shape index (κ2) is 8.18. The third-order valence-electron chi connectivity index (χ3n) is 5.04. The molecule has 0 saturated heterocycles. The molecule has 1 aliphatic rings. The lowest BCUT2D eigenvalue weighted by Gasteiger charge is -2.31. The van der Waals surface area contributed by atoms with Crippen molar-refractivity contribution < 1.29 is 9.18 Å². The molecule has 2 aromatic heterocycles. The molecule has 0 unspecified atom stereocenters. The van der Waals surface area contributed by atoms with Gasteiger partial charge in [-0.2, -0.15) is 0 Å². The number of hydrogen-bond donors (Lipinski definition) is 1. The zero-order valence-electron chi connectivity index (χ0n) is 16.0. The summed E-state index contributed by atoms with van der Waals surface area (Å²) in [4.78, 5) is 26.4. The summed E-state index contributed by atoms with van der Waals surface area (Å²) in [5.41, 5.74) is 5.26. The van der Waals surface area contributed by atoms with Crippen LogP contribution in [0.1, 0.15) is 29.3 Å². The van der Waals surface area contributed by atoms with Crippen LogP contribution in [-0.2, 0) is 0 Å². The SMILES string of the molecule is CC1=C(c2ccc(NC(=O)c3ccncc3F)cc2)CN(c2cncnc2)CC1. The molecule has 0 saturated carbocycles. The van der Waals surface area contributed by atoms with Crippen LogP contribution in [0.2, 0.25) is 0 Å². The zero-order valence-corrected chi connectivity index (χ0v) is 16.0. The lowest BCUT2D eigenvalue weighted by atomic mass is 9.94. The van der Waals surface area contributed by atoms with E-state index in [0.717, 1.165) is 37.0 Å². The van der Waals surface area contributed by atoms with E-state index in [1.54, 1.807) is 0 Å². The van der Waals surface area contributed by atoms with Gasteiger partial charge in [0, 0.05) is 25.0 Å². The average Bonchev–Trinajstić information content (AvgIpc) is 2.76. The van der Waals surface area contributed by atoms with Gasteiger partial charge in [-0.3, -0.25) is 9.78 Å². The van der Waals surface area contributed by atoms with Crippen molar-refractivity contribution in [3.63, 3.8) is 0 Å². The molecule has 3 aromatic rings. The predicted octanol–water partition coefficient (Wildman–Crippen LogP) is 3.95. The summed E-state index contributed by atoms with van der Waals surface area (Å²) in [6, 6.07) is 8.97. The van der Waals surface area contributed by atoms with Gasteiger partial charge in [0.2, 0.25) is 0 Å². The van der Waals surface area contributed by atoms with Crippen LogP contribution in [0, 0.1) is 5.82 Å². The molecule has 3 heterocycles. The minimum absolute atomic E-state index is 0.0318. The van der Waals surface area contributed by atoms with E-state index in [9.17, 15) is 9.18 Å². The van der Waals surface area contributed by atoms with Crippen molar-refractivity contribution in [3.8, 4) is 0 Å². The highest BCUT2D eigenvalue weighted by atomic mass is 19.1. The molecule has 4 rings (SSSR count). The Morgan fingerprint density at radius 1 is 1.07 bits per heavy atom. The fourth-order valence-electron chi connectivity index (χ4n) is 3.38. The van der Waals surface area contributed by atoms with Gasteiger partial charge >= 0.3 is 0 Å². The first-order valence-corrected chi connectivity index (χ1v) is 9.31. The van der Waals surface area contributed by atoms with E-state index < -0.39 is 11.7 Å². The van der Waals surface area contributed by atoms with E-state index in [-0.39, 0.29) is 5.56 Å². The van der Waals surface area contributed by atoms with Gasteiger partial charge in [-0.25, -0.2) is 14.4 Å². The highest BCUT2D eigenvalue weighted by Gasteiger charge is 2.19. The van der Waals surface area contributed by atoms with Crippen molar-refractivity contribution in [1.82, 2.24) is 15.0 Å². The minimum atomic E-state index is -0.644. The van der Waals surface area contributed by atoms with Crippen molar-refractivity contribution in [2.75, 3.05) is 23.3 Å². The maximum Gasteiger partial charge on any atom is 0.258 e. The lowest BCUT2D eigenvalue weighted by Crippen LogP contribution is -2.31. The van der Waals surface area contributed by atoms with Crippen molar-refractivity contribution >= 4 is 22.9 Å². The molecule has 7 heteroatoms. The molecule has 29 heavy (non-hydrogen) atoms. The fourth-order valence-corrected chi connectivity index (χ4v) is 3.38. The molecule has 1 N–H and O–H groups in total.